The van der Waals surface area contributed by atoms with Gasteiger partial charge in [0, 0.05) is 6.42 Å². The van der Waals surface area contributed by atoms with E-state index in [1.165, 1.54) is 22.5 Å². The molecule has 0 bridgehead atoms. The number of benzene rings is 1. The van der Waals surface area contributed by atoms with E-state index < -0.39 is 0 Å². The van der Waals surface area contributed by atoms with Gasteiger partial charge in [-0.15, -0.1) is 10.2 Å². The highest BCUT2D eigenvalue weighted by Gasteiger charge is 2.06. The second kappa shape index (κ2) is 5.73. The van der Waals surface area contributed by atoms with Crippen LogP contribution >= 0.6 is 11.3 Å². The molecular formula is C13H15N3OS. The van der Waals surface area contributed by atoms with Crippen LogP contribution in [0.15, 0.2) is 24.3 Å². The predicted molar refractivity (Wildman–Crippen MR) is 72.8 cm³/mol. The fraction of sp³-hybridized carbons (Fsp3) is 0.308. The van der Waals surface area contributed by atoms with Gasteiger partial charge < -0.3 is 5.32 Å². The van der Waals surface area contributed by atoms with E-state index in [1.807, 2.05) is 13.8 Å². The van der Waals surface area contributed by atoms with Gasteiger partial charge in [-0.1, -0.05) is 41.2 Å². The smallest absolute Gasteiger partial charge is 0.226 e. The Hall–Kier alpha value is -1.75. The first-order valence-corrected chi connectivity index (χ1v) is 6.60. The zero-order valence-electron chi connectivity index (χ0n) is 10.4. The maximum absolute atomic E-state index is 11.7. The third-order valence-electron chi connectivity index (χ3n) is 2.53. The Kier molecular flexibility index (Phi) is 4.04. The summed E-state index contributed by atoms with van der Waals surface area (Å²) in [6, 6.07) is 8.22. The average molecular weight is 261 g/mol. The van der Waals surface area contributed by atoms with Gasteiger partial charge in [-0.2, -0.15) is 0 Å². The van der Waals surface area contributed by atoms with Crippen LogP contribution < -0.4 is 5.32 Å². The predicted octanol–water partition coefficient (Wildman–Crippen LogP) is 2.73. The van der Waals surface area contributed by atoms with Gasteiger partial charge >= 0.3 is 0 Å². The van der Waals surface area contributed by atoms with E-state index in [0.717, 1.165) is 11.4 Å². The summed E-state index contributed by atoms with van der Waals surface area (Å²) >= 11 is 1.39. The minimum absolute atomic E-state index is 0.0216. The second-order valence-electron chi connectivity index (χ2n) is 4.16. The molecule has 2 aromatic rings. The van der Waals surface area contributed by atoms with E-state index in [1.54, 1.807) is 0 Å². The third kappa shape index (κ3) is 3.63. The molecule has 1 aromatic carbocycles. The van der Waals surface area contributed by atoms with Crippen LogP contribution in [0.4, 0.5) is 5.13 Å². The van der Waals surface area contributed by atoms with Crippen molar-refractivity contribution in [2.24, 2.45) is 0 Å². The number of carbonyl (C=O) groups is 1. The van der Waals surface area contributed by atoms with Crippen molar-refractivity contribution in [3.05, 3.63) is 40.4 Å². The molecule has 0 radical (unpaired) electrons. The first kappa shape index (κ1) is 12.7. The Morgan fingerprint density at radius 1 is 1.22 bits per heavy atom. The first-order chi connectivity index (χ1) is 8.63. The molecule has 0 fully saturated rings. The molecule has 4 nitrogen and oxygen atoms in total. The number of nitrogens with one attached hydrogen (secondary N) is 1. The zero-order valence-corrected chi connectivity index (χ0v) is 11.3. The van der Waals surface area contributed by atoms with Crippen molar-refractivity contribution in [1.82, 2.24) is 10.2 Å². The summed E-state index contributed by atoms with van der Waals surface area (Å²) in [7, 11) is 0. The molecule has 0 aliphatic rings. The number of hydrogen-bond donors (Lipinski definition) is 1. The van der Waals surface area contributed by atoms with Gasteiger partial charge in [-0.25, -0.2) is 0 Å². The summed E-state index contributed by atoms with van der Waals surface area (Å²) in [6.07, 6.45) is 1.20. The van der Waals surface area contributed by atoms with Crippen LogP contribution in [-0.4, -0.2) is 16.1 Å². The van der Waals surface area contributed by atoms with Gasteiger partial charge in [0.2, 0.25) is 11.0 Å². The highest BCUT2D eigenvalue weighted by atomic mass is 32.1. The van der Waals surface area contributed by atoms with Gasteiger partial charge in [-0.3, -0.25) is 4.79 Å². The highest BCUT2D eigenvalue weighted by Crippen LogP contribution is 2.14. The number of aryl methyl sites for hydroxylation is 3. The Bertz CT molecular complexity index is 533. The standard InChI is InChI=1S/C13H15N3OS/c1-9-3-5-11(6-4-9)7-8-12(17)14-13-16-15-10(2)18-13/h3-6H,7-8H2,1-2H3,(H,14,16,17). The van der Waals surface area contributed by atoms with Crippen molar-refractivity contribution in [3.8, 4) is 0 Å². The van der Waals surface area contributed by atoms with Crippen LogP contribution in [0.5, 0.6) is 0 Å². The Balaban J connectivity index is 1.83. The zero-order chi connectivity index (χ0) is 13.0. The van der Waals surface area contributed by atoms with Crippen molar-refractivity contribution >= 4 is 22.4 Å². The number of carbonyl (C=O) groups excluding carboxylic acids is 1. The van der Waals surface area contributed by atoms with Crippen LogP contribution in [0.25, 0.3) is 0 Å². The largest absolute Gasteiger partial charge is 0.301 e. The Morgan fingerprint density at radius 3 is 2.56 bits per heavy atom. The summed E-state index contributed by atoms with van der Waals surface area (Å²) in [6.45, 7) is 3.91. The van der Waals surface area contributed by atoms with Gasteiger partial charge in [-0.05, 0) is 25.8 Å². The topological polar surface area (TPSA) is 54.9 Å². The van der Waals surface area contributed by atoms with Gasteiger partial charge in [0.05, 0.1) is 0 Å². The minimum Gasteiger partial charge on any atom is -0.301 e. The summed E-state index contributed by atoms with van der Waals surface area (Å²) in [5.41, 5.74) is 2.40. The summed E-state index contributed by atoms with van der Waals surface area (Å²) in [5.74, 6) is -0.0216. The van der Waals surface area contributed by atoms with Gasteiger partial charge in [0.1, 0.15) is 5.01 Å². The molecule has 1 amide bonds. The van der Waals surface area contributed by atoms with Crippen LogP contribution in [0, 0.1) is 13.8 Å². The molecule has 0 aliphatic carbocycles. The van der Waals surface area contributed by atoms with Crippen molar-refractivity contribution in [2.75, 3.05) is 5.32 Å². The van der Waals surface area contributed by atoms with Crippen molar-refractivity contribution in [1.29, 1.82) is 0 Å². The lowest BCUT2D eigenvalue weighted by Crippen LogP contribution is -2.12. The molecular weight excluding hydrogens is 246 g/mol. The number of nitrogens with zero attached hydrogens (tertiary/aromatic N) is 2. The summed E-state index contributed by atoms with van der Waals surface area (Å²) in [4.78, 5) is 11.7. The number of amides is 1. The number of hydrogen-bond acceptors (Lipinski definition) is 4. The van der Waals surface area contributed by atoms with Crippen LogP contribution in [0.2, 0.25) is 0 Å². The number of rotatable bonds is 4. The van der Waals surface area contributed by atoms with E-state index in [9.17, 15) is 4.79 Å². The second-order valence-corrected chi connectivity index (χ2v) is 5.34. The quantitative estimate of drug-likeness (QED) is 0.920. The molecule has 1 aromatic heterocycles. The Labute approximate surface area is 110 Å². The third-order valence-corrected chi connectivity index (χ3v) is 3.29. The molecule has 1 N–H and O–H groups in total. The van der Waals surface area contributed by atoms with Crippen molar-refractivity contribution in [3.63, 3.8) is 0 Å². The van der Waals surface area contributed by atoms with E-state index in [4.69, 9.17) is 0 Å². The SMILES string of the molecule is Cc1ccc(CCC(=O)Nc2nnc(C)s2)cc1. The normalized spacial score (nSPS) is 10.3. The Morgan fingerprint density at radius 2 is 1.94 bits per heavy atom. The lowest BCUT2D eigenvalue weighted by molar-refractivity contribution is -0.116. The lowest BCUT2D eigenvalue weighted by Gasteiger charge is -2.02. The molecule has 0 atom stereocenters. The summed E-state index contributed by atoms with van der Waals surface area (Å²) in [5, 5.41) is 11.9. The fourth-order valence-corrected chi connectivity index (χ4v) is 2.15. The molecule has 1 heterocycles. The monoisotopic (exact) mass is 261 g/mol. The van der Waals surface area contributed by atoms with Gasteiger partial charge in [0.15, 0.2) is 0 Å². The summed E-state index contributed by atoms with van der Waals surface area (Å²) < 4.78 is 0. The highest BCUT2D eigenvalue weighted by molar-refractivity contribution is 7.15. The van der Waals surface area contributed by atoms with Crippen molar-refractivity contribution < 1.29 is 4.79 Å². The van der Waals surface area contributed by atoms with E-state index in [-0.39, 0.29) is 5.91 Å². The van der Waals surface area contributed by atoms with Crippen molar-refractivity contribution in [2.45, 2.75) is 26.7 Å². The molecule has 18 heavy (non-hydrogen) atoms. The van der Waals surface area contributed by atoms with Crippen LogP contribution in [-0.2, 0) is 11.2 Å². The maximum atomic E-state index is 11.7. The number of aromatic nitrogens is 2. The number of anilines is 1. The molecule has 0 spiro atoms. The molecule has 5 heteroatoms. The van der Waals surface area contributed by atoms with Gasteiger partial charge in [0.25, 0.3) is 0 Å². The van der Waals surface area contributed by atoms with E-state index in [0.29, 0.717) is 11.6 Å². The average Bonchev–Trinajstić information content (AvgIpc) is 2.74. The lowest BCUT2D eigenvalue weighted by atomic mass is 10.1. The maximum Gasteiger partial charge on any atom is 0.226 e. The van der Waals surface area contributed by atoms with Crippen LogP contribution in [0.3, 0.4) is 0 Å². The fourth-order valence-electron chi connectivity index (χ4n) is 1.54. The molecule has 0 saturated carbocycles. The van der Waals surface area contributed by atoms with E-state index >= 15 is 0 Å². The minimum atomic E-state index is -0.0216. The molecule has 94 valence electrons. The molecule has 0 unspecified atom stereocenters. The van der Waals surface area contributed by atoms with E-state index in [2.05, 4.69) is 39.8 Å². The first-order valence-electron chi connectivity index (χ1n) is 5.79. The van der Waals surface area contributed by atoms with Crippen LogP contribution in [0.1, 0.15) is 22.6 Å². The molecule has 0 saturated heterocycles. The molecule has 0 aliphatic heterocycles. The molecule has 2 rings (SSSR count).